The van der Waals surface area contributed by atoms with E-state index < -0.39 is 0 Å². The van der Waals surface area contributed by atoms with E-state index in [1.165, 1.54) is 0 Å². The Labute approximate surface area is 98.1 Å². The fourth-order valence-electron chi connectivity index (χ4n) is 1.80. The standard InChI is InChI=1S/C12H24N2O2/c1-12(2,9-13)14(3)11(15)7-6-10-5-4-8-16-10/h10H,4-9,13H2,1-3H3. The molecule has 1 aliphatic heterocycles. The molecule has 0 aromatic rings. The van der Waals surface area contributed by atoms with Gasteiger partial charge < -0.3 is 15.4 Å². The van der Waals surface area contributed by atoms with Crippen LogP contribution in [-0.2, 0) is 9.53 Å². The summed E-state index contributed by atoms with van der Waals surface area (Å²) in [6, 6.07) is 0. The number of amides is 1. The van der Waals surface area contributed by atoms with Gasteiger partial charge in [0.2, 0.25) is 5.91 Å². The second kappa shape index (κ2) is 5.64. The van der Waals surface area contributed by atoms with Gasteiger partial charge in [0.15, 0.2) is 0 Å². The van der Waals surface area contributed by atoms with Crippen molar-refractivity contribution >= 4 is 5.91 Å². The first-order valence-electron chi connectivity index (χ1n) is 6.05. The van der Waals surface area contributed by atoms with E-state index in [1.807, 2.05) is 20.9 Å². The maximum Gasteiger partial charge on any atom is 0.222 e. The van der Waals surface area contributed by atoms with E-state index in [0.29, 0.717) is 19.1 Å². The van der Waals surface area contributed by atoms with Gasteiger partial charge in [-0.2, -0.15) is 0 Å². The average molecular weight is 228 g/mol. The van der Waals surface area contributed by atoms with E-state index >= 15 is 0 Å². The third-order valence-corrected chi connectivity index (χ3v) is 3.49. The summed E-state index contributed by atoms with van der Waals surface area (Å²) in [7, 11) is 1.82. The minimum absolute atomic E-state index is 0.158. The predicted octanol–water partition coefficient (Wildman–Crippen LogP) is 1.14. The molecular formula is C12H24N2O2. The Morgan fingerprint density at radius 3 is 2.75 bits per heavy atom. The largest absolute Gasteiger partial charge is 0.378 e. The highest BCUT2D eigenvalue weighted by molar-refractivity contribution is 5.76. The Hall–Kier alpha value is -0.610. The number of likely N-dealkylation sites (N-methyl/N-ethyl adjacent to an activating group) is 1. The number of nitrogens with zero attached hydrogens (tertiary/aromatic N) is 1. The summed E-state index contributed by atoms with van der Waals surface area (Å²) < 4.78 is 5.50. The molecule has 1 amide bonds. The number of carbonyl (C=O) groups excluding carboxylic acids is 1. The van der Waals surface area contributed by atoms with Crippen molar-refractivity contribution in [3.8, 4) is 0 Å². The molecule has 0 aliphatic carbocycles. The van der Waals surface area contributed by atoms with E-state index in [4.69, 9.17) is 10.5 Å². The van der Waals surface area contributed by atoms with Crippen molar-refractivity contribution in [1.29, 1.82) is 0 Å². The molecule has 1 heterocycles. The molecule has 1 unspecified atom stereocenters. The summed E-state index contributed by atoms with van der Waals surface area (Å²) in [6.07, 6.45) is 3.91. The summed E-state index contributed by atoms with van der Waals surface area (Å²) in [5.74, 6) is 0.158. The van der Waals surface area contributed by atoms with Crippen LogP contribution in [0.5, 0.6) is 0 Å². The van der Waals surface area contributed by atoms with Gasteiger partial charge >= 0.3 is 0 Å². The third kappa shape index (κ3) is 3.46. The normalized spacial score (nSPS) is 21.1. The molecule has 2 N–H and O–H groups in total. The van der Waals surface area contributed by atoms with Gasteiger partial charge in [-0.1, -0.05) is 0 Å². The zero-order valence-electron chi connectivity index (χ0n) is 10.7. The molecule has 1 saturated heterocycles. The lowest BCUT2D eigenvalue weighted by Gasteiger charge is -2.34. The molecule has 0 aromatic heterocycles. The summed E-state index contributed by atoms with van der Waals surface area (Å²) in [5.41, 5.74) is 5.39. The molecule has 0 spiro atoms. The first-order chi connectivity index (χ1) is 7.47. The lowest BCUT2D eigenvalue weighted by Crippen LogP contribution is -2.50. The molecule has 4 heteroatoms. The first kappa shape index (κ1) is 13.5. The van der Waals surface area contributed by atoms with Gasteiger partial charge in [0.1, 0.15) is 0 Å². The predicted molar refractivity (Wildman–Crippen MR) is 64.1 cm³/mol. The number of rotatable bonds is 5. The van der Waals surface area contributed by atoms with Crippen LogP contribution in [0, 0.1) is 0 Å². The monoisotopic (exact) mass is 228 g/mol. The number of hydrogen-bond donors (Lipinski definition) is 1. The van der Waals surface area contributed by atoms with E-state index in [-0.39, 0.29) is 11.4 Å². The SMILES string of the molecule is CN(C(=O)CCC1CCCO1)C(C)(C)CN. The zero-order valence-corrected chi connectivity index (χ0v) is 10.7. The van der Waals surface area contributed by atoms with Crippen LogP contribution in [0.2, 0.25) is 0 Å². The fourth-order valence-corrected chi connectivity index (χ4v) is 1.80. The molecule has 0 saturated carbocycles. The Kier molecular flexibility index (Phi) is 4.74. The lowest BCUT2D eigenvalue weighted by molar-refractivity contribution is -0.135. The Balaban J connectivity index is 2.33. The number of ether oxygens (including phenoxy) is 1. The zero-order chi connectivity index (χ0) is 12.2. The van der Waals surface area contributed by atoms with Crippen molar-refractivity contribution in [1.82, 2.24) is 4.90 Å². The molecule has 4 nitrogen and oxygen atoms in total. The van der Waals surface area contributed by atoms with Crippen molar-refractivity contribution in [3.05, 3.63) is 0 Å². The van der Waals surface area contributed by atoms with Crippen LogP contribution in [0.4, 0.5) is 0 Å². The first-order valence-corrected chi connectivity index (χ1v) is 6.05. The molecule has 94 valence electrons. The maximum atomic E-state index is 11.9. The van der Waals surface area contributed by atoms with E-state index in [9.17, 15) is 4.79 Å². The fraction of sp³-hybridized carbons (Fsp3) is 0.917. The van der Waals surface area contributed by atoms with Crippen molar-refractivity contribution in [2.45, 2.75) is 51.2 Å². The highest BCUT2D eigenvalue weighted by Crippen LogP contribution is 2.19. The van der Waals surface area contributed by atoms with Gasteiger partial charge in [-0.15, -0.1) is 0 Å². The van der Waals surface area contributed by atoms with Crippen molar-refractivity contribution in [2.75, 3.05) is 20.2 Å². The van der Waals surface area contributed by atoms with Crippen LogP contribution in [0.25, 0.3) is 0 Å². The smallest absolute Gasteiger partial charge is 0.222 e. The summed E-state index contributed by atoms with van der Waals surface area (Å²) >= 11 is 0. The molecule has 0 bridgehead atoms. The van der Waals surface area contributed by atoms with E-state index in [0.717, 1.165) is 25.9 Å². The van der Waals surface area contributed by atoms with Gasteiger partial charge in [-0.3, -0.25) is 4.79 Å². The van der Waals surface area contributed by atoms with E-state index in [2.05, 4.69) is 0 Å². The van der Waals surface area contributed by atoms with Gasteiger partial charge in [0.25, 0.3) is 0 Å². The topological polar surface area (TPSA) is 55.6 Å². The number of nitrogens with two attached hydrogens (primary N) is 1. The van der Waals surface area contributed by atoms with Crippen LogP contribution in [-0.4, -0.2) is 42.6 Å². The highest BCUT2D eigenvalue weighted by Gasteiger charge is 2.26. The van der Waals surface area contributed by atoms with Crippen LogP contribution in [0.1, 0.15) is 39.5 Å². The second-order valence-corrected chi connectivity index (χ2v) is 5.14. The summed E-state index contributed by atoms with van der Waals surface area (Å²) in [6.45, 7) is 5.30. The van der Waals surface area contributed by atoms with Gasteiger partial charge in [-0.05, 0) is 33.1 Å². The minimum atomic E-state index is -0.256. The number of hydrogen-bond acceptors (Lipinski definition) is 3. The highest BCUT2D eigenvalue weighted by atomic mass is 16.5. The average Bonchev–Trinajstić information content (AvgIpc) is 2.77. The lowest BCUT2D eigenvalue weighted by atomic mass is 10.0. The maximum absolute atomic E-state index is 11.9. The van der Waals surface area contributed by atoms with Gasteiger partial charge in [0.05, 0.1) is 6.10 Å². The van der Waals surface area contributed by atoms with Gasteiger partial charge in [-0.25, -0.2) is 0 Å². The molecule has 0 radical (unpaired) electrons. The molecule has 1 aliphatic rings. The van der Waals surface area contributed by atoms with Crippen molar-refractivity contribution < 1.29 is 9.53 Å². The van der Waals surface area contributed by atoms with Crippen LogP contribution >= 0.6 is 0 Å². The summed E-state index contributed by atoms with van der Waals surface area (Å²) in [5, 5.41) is 0. The Morgan fingerprint density at radius 2 is 2.25 bits per heavy atom. The van der Waals surface area contributed by atoms with Gasteiger partial charge in [0, 0.05) is 32.2 Å². The Bertz CT molecular complexity index is 235. The molecule has 16 heavy (non-hydrogen) atoms. The van der Waals surface area contributed by atoms with Crippen molar-refractivity contribution in [2.24, 2.45) is 5.73 Å². The molecule has 0 aromatic carbocycles. The summed E-state index contributed by atoms with van der Waals surface area (Å²) in [4.78, 5) is 13.7. The second-order valence-electron chi connectivity index (χ2n) is 5.14. The molecule has 1 rings (SSSR count). The van der Waals surface area contributed by atoms with Crippen molar-refractivity contribution in [3.63, 3.8) is 0 Å². The van der Waals surface area contributed by atoms with Crippen LogP contribution in [0.3, 0.4) is 0 Å². The van der Waals surface area contributed by atoms with Crippen LogP contribution < -0.4 is 5.73 Å². The third-order valence-electron chi connectivity index (χ3n) is 3.49. The molecule has 1 fully saturated rings. The quantitative estimate of drug-likeness (QED) is 0.767. The van der Waals surface area contributed by atoms with Crippen LogP contribution in [0.15, 0.2) is 0 Å². The minimum Gasteiger partial charge on any atom is -0.378 e. The molecule has 1 atom stereocenters. The number of carbonyl (C=O) groups is 1. The van der Waals surface area contributed by atoms with E-state index in [1.54, 1.807) is 4.90 Å². The molecular weight excluding hydrogens is 204 g/mol. The Morgan fingerprint density at radius 1 is 1.56 bits per heavy atom.